The number of nitrogens with two attached hydrogens (primary N) is 1. The molecule has 0 radical (unpaired) electrons. The van der Waals surface area contributed by atoms with Gasteiger partial charge in [0, 0.05) is 0 Å². The third-order valence-electron chi connectivity index (χ3n) is 0.379. The minimum Gasteiger partial charge on any atom is -0.624 e. The van der Waals surface area contributed by atoms with Crippen molar-refractivity contribution in [1.82, 2.24) is 0 Å². The molecular weight excluding hydrogens is 80.0 g/mol. The van der Waals surface area contributed by atoms with Crippen molar-refractivity contribution in [3.05, 3.63) is 5.21 Å². The summed E-state index contributed by atoms with van der Waals surface area (Å²) >= 11 is 0. The number of rotatable bonds is 2. The molecule has 36 valence electrons. The maximum Gasteiger partial charge on any atom is 0.164 e. The first-order valence-electron chi connectivity index (χ1n) is 1.72. The van der Waals surface area contributed by atoms with Gasteiger partial charge in [-0.2, -0.15) is 0 Å². The summed E-state index contributed by atoms with van der Waals surface area (Å²) in [6, 6.07) is 0. The maximum atomic E-state index is 9.77. The van der Waals surface area contributed by atoms with Gasteiger partial charge in [-0.15, -0.1) is 0 Å². The molecule has 0 aliphatic rings. The van der Waals surface area contributed by atoms with Gasteiger partial charge in [0.15, 0.2) is 6.54 Å². The summed E-state index contributed by atoms with van der Waals surface area (Å²) in [6.07, 6.45) is 0. The van der Waals surface area contributed by atoms with Crippen molar-refractivity contribution in [2.45, 2.75) is 0 Å². The van der Waals surface area contributed by atoms with Gasteiger partial charge in [-0.1, -0.05) is 0 Å². The third-order valence-corrected chi connectivity index (χ3v) is 0.379. The van der Waals surface area contributed by atoms with E-state index >= 15 is 0 Å². The van der Waals surface area contributed by atoms with Crippen LogP contribution < -0.4 is 5.73 Å². The number of hydrogen-bond donors (Lipinski definition) is 1. The Kier molecular flexibility index (Phi) is 2.40. The number of hydrogen-bond acceptors (Lipinski definition) is 2. The van der Waals surface area contributed by atoms with Crippen molar-refractivity contribution < 1.29 is 4.74 Å². The molecule has 3 heteroatoms. The van der Waals surface area contributed by atoms with Crippen molar-refractivity contribution in [1.29, 1.82) is 0 Å². The molecule has 0 aromatic rings. The van der Waals surface area contributed by atoms with E-state index in [0.29, 0.717) is 17.8 Å². The zero-order chi connectivity index (χ0) is 4.99. The lowest BCUT2D eigenvalue weighted by atomic mass is 10.7. The smallest absolute Gasteiger partial charge is 0.164 e. The Morgan fingerprint density at radius 2 is 2.33 bits per heavy atom. The average molecular weight is 88.1 g/mol. The second kappa shape index (κ2) is 2.66. The molecule has 0 aromatic heterocycles. The zero-order valence-corrected chi connectivity index (χ0v) is 3.55. The summed E-state index contributed by atoms with van der Waals surface area (Å²) in [5.74, 6) is 0. The Morgan fingerprint density at radius 3 is 2.33 bits per heavy atom. The minimum absolute atomic E-state index is 0.319. The summed E-state index contributed by atoms with van der Waals surface area (Å²) in [5.41, 5.74) is 4.95. The van der Waals surface area contributed by atoms with E-state index in [0.717, 1.165) is 0 Å². The molecule has 0 saturated carbocycles. The molecule has 0 spiro atoms. The Hall–Kier alpha value is -0.570. The largest absolute Gasteiger partial charge is 0.624 e. The molecule has 0 aromatic carbocycles. The van der Waals surface area contributed by atoms with Crippen molar-refractivity contribution >= 4 is 6.72 Å². The fourth-order valence-corrected chi connectivity index (χ4v) is 0.144. The first-order valence-corrected chi connectivity index (χ1v) is 1.72. The molecule has 3 nitrogen and oxygen atoms in total. The van der Waals surface area contributed by atoms with E-state index < -0.39 is 0 Å². The highest BCUT2D eigenvalue weighted by Crippen LogP contribution is 1.56. The highest BCUT2D eigenvalue weighted by molar-refractivity contribution is 5.14. The summed E-state index contributed by atoms with van der Waals surface area (Å²) in [6.45, 7) is 3.73. The van der Waals surface area contributed by atoms with Crippen LogP contribution in [0.5, 0.6) is 0 Å². The molecule has 0 aliphatic carbocycles. The minimum atomic E-state index is 0.319. The van der Waals surface area contributed by atoms with Gasteiger partial charge in [0.2, 0.25) is 0 Å². The normalized spacial score (nSPS) is 8.17. The Balaban J connectivity index is 2.83. The molecule has 6 heavy (non-hydrogen) atoms. The molecule has 0 heterocycles. The van der Waals surface area contributed by atoms with E-state index in [9.17, 15) is 5.21 Å². The van der Waals surface area contributed by atoms with Crippen LogP contribution >= 0.6 is 0 Å². The number of hydroxylamine groups is 1. The van der Waals surface area contributed by atoms with E-state index in [2.05, 4.69) is 6.72 Å². The van der Waals surface area contributed by atoms with Crippen LogP contribution in [0.15, 0.2) is 0 Å². The second-order valence-electron chi connectivity index (χ2n) is 0.994. The van der Waals surface area contributed by atoms with Gasteiger partial charge in [-0.05, 0) is 0 Å². The molecule has 0 bridgehead atoms. The van der Waals surface area contributed by atoms with E-state index in [1.807, 2.05) is 0 Å². The maximum absolute atomic E-state index is 9.77. The predicted octanol–water partition coefficient (Wildman–Crippen LogP) is -0.844. The van der Waals surface area contributed by atoms with Crippen LogP contribution in [0.25, 0.3) is 0 Å². The molecule has 0 saturated heterocycles. The third kappa shape index (κ3) is 3.43. The topological polar surface area (TPSA) is 52.1 Å². The molecule has 2 N–H and O–H groups in total. The molecule has 0 aliphatic heterocycles. The van der Waals surface area contributed by atoms with Crippen LogP contribution in [0.2, 0.25) is 0 Å². The monoisotopic (exact) mass is 88.1 g/mol. The van der Waals surface area contributed by atoms with E-state index in [-0.39, 0.29) is 0 Å². The fourth-order valence-electron chi connectivity index (χ4n) is 0.144. The van der Waals surface area contributed by atoms with Crippen LogP contribution in [-0.2, 0) is 0 Å². The highest BCUT2D eigenvalue weighted by Gasteiger charge is 1.77. The molecular formula is C3H8N2O. The van der Waals surface area contributed by atoms with Gasteiger partial charge in [0.25, 0.3) is 0 Å². The molecule has 0 amide bonds. The molecule has 0 unspecified atom stereocenters. The van der Waals surface area contributed by atoms with Gasteiger partial charge < -0.3 is 10.9 Å². The first kappa shape index (κ1) is 5.43. The predicted molar refractivity (Wildman–Crippen MR) is 24.7 cm³/mol. The lowest BCUT2D eigenvalue weighted by Crippen LogP contribution is -2.13. The lowest BCUT2D eigenvalue weighted by Gasteiger charge is -1.94. The van der Waals surface area contributed by atoms with Gasteiger partial charge in [-0.25, -0.2) is 4.74 Å². The summed E-state index contributed by atoms with van der Waals surface area (Å²) in [5, 5.41) is 9.77. The van der Waals surface area contributed by atoms with Crippen molar-refractivity contribution in [2.75, 3.05) is 13.1 Å². The Labute approximate surface area is 36.7 Å². The average Bonchev–Trinajstić information content (AvgIpc) is 1.35. The first-order chi connectivity index (χ1) is 2.77. The van der Waals surface area contributed by atoms with Crippen LogP contribution in [0.4, 0.5) is 0 Å². The SMILES string of the molecule is C=[N+]([O-])CCN. The van der Waals surface area contributed by atoms with E-state index in [4.69, 9.17) is 5.73 Å². The van der Waals surface area contributed by atoms with Crippen molar-refractivity contribution in [3.8, 4) is 0 Å². The van der Waals surface area contributed by atoms with Gasteiger partial charge >= 0.3 is 0 Å². The van der Waals surface area contributed by atoms with Gasteiger partial charge in [0.1, 0.15) is 6.72 Å². The fraction of sp³-hybridized carbons (Fsp3) is 0.667. The van der Waals surface area contributed by atoms with Gasteiger partial charge in [-0.3, -0.25) is 0 Å². The molecule has 0 fully saturated rings. The van der Waals surface area contributed by atoms with Crippen molar-refractivity contribution in [2.24, 2.45) is 5.73 Å². The number of nitrogens with zero attached hydrogens (tertiary/aromatic N) is 1. The summed E-state index contributed by atoms with van der Waals surface area (Å²) in [4.78, 5) is 0. The summed E-state index contributed by atoms with van der Waals surface area (Å²) in [7, 11) is 0. The Morgan fingerprint density at radius 1 is 1.83 bits per heavy atom. The van der Waals surface area contributed by atoms with Crippen LogP contribution in [-0.4, -0.2) is 24.5 Å². The van der Waals surface area contributed by atoms with Crippen LogP contribution in [0.1, 0.15) is 0 Å². The van der Waals surface area contributed by atoms with E-state index in [1.165, 1.54) is 0 Å². The van der Waals surface area contributed by atoms with Gasteiger partial charge in [0.05, 0.1) is 6.54 Å². The molecule has 0 atom stereocenters. The Bertz CT molecular complexity index is 52.8. The van der Waals surface area contributed by atoms with Crippen LogP contribution in [0.3, 0.4) is 0 Å². The van der Waals surface area contributed by atoms with E-state index in [1.54, 1.807) is 0 Å². The second-order valence-corrected chi connectivity index (χ2v) is 0.994. The molecule has 0 rings (SSSR count). The summed E-state index contributed by atoms with van der Waals surface area (Å²) < 4.78 is 0.556. The van der Waals surface area contributed by atoms with Crippen LogP contribution in [0, 0.1) is 5.21 Å². The quantitative estimate of drug-likeness (QED) is 0.207. The van der Waals surface area contributed by atoms with Crippen molar-refractivity contribution in [3.63, 3.8) is 0 Å². The standard InChI is InChI=1S/C3H8N2O/c1-5(6)3-2-4/h1-4H2. The zero-order valence-electron chi connectivity index (χ0n) is 3.55. The lowest BCUT2D eigenvalue weighted by molar-refractivity contribution is -0.445. The highest BCUT2D eigenvalue weighted by atomic mass is 16.5.